The number of rotatable bonds is 0. The summed E-state index contributed by atoms with van der Waals surface area (Å²) in [5.74, 6) is 0. The average molecular weight is 289 g/mol. The fraction of sp³-hybridized carbons (Fsp3) is 0. The Kier molecular flexibility index (Phi) is 13.9. The second kappa shape index (κ2) is 6.09. The van der Waals surface area contributed by atoms with Crippen LogP contribution in [0.15, 0.2) is 0 Å². The van der Waals surface area contributed by atoms with E-state index >= 15 is 0 Å². The zero-order valence-electron chi connectivity index (χ0n) is 3.10. The predicted octanol–water partition coefficient (Wildman–Crippen LogP) is -1.72. The van der Waals surface area contributed by atoms with Crippen LogP contribution in [0.25, 0.3) is 0 Å². The van der Waals surface area contributed by atoms with E-state index in [1.54, 1.807) is 0 Å². The maximum Gasteiger partial charge on any atom is 2.00 e. The molecule has 0 spiro atoms. The molecule has 7 heteroatoms. The van der Waals surface area contributed by atoms with Crippen molar-refractivity contribution in [3.63, 3.8) is 0 Å². The second-order valence-corrected chi connectivity index (χ2v) is 1.22. The Morgan fingerprint density at radius 1 is 1.14 bits per heavy atom. The summed E-state index contributed by atoms with van der Waals surface area (Å²) in [7, 11) is -5.17. The first-order valence-corrected chi connectivity index (χ1v) is 2.00. The molecule has 4 nitrogen and oxygen atoms in total. The predicted molar refractivity (Wildman–Crippen MR) is 16.2 cm³/mol. The standard InChI is InChI=1S/Ba.Fe.H2O4S/c;;1-5(2,3)4/h;;(H2,1,2,3,4)/q+2;;/p-2. The third kappa shape index (κ3) is 73.6. The SMILES string of the molecule is O=S(=O)([O-])[O-].[Ba+2].[Fe]. The van der Waals surface area contributed by atoms with Crippen LogP contribution in [0.4, 0.5) is 0 Å². The van der Waals surface area contributed by atoms with Gasteiger partial charge in [-0.3, -0.25) is 8.42 Å². The van der Waals surface area contributed by atoms with Crippen molar-refractivity contribution in [3.8, 4) is 0 Å². The fourth-order valence-electron chi connectivity index (χ4n) is 0. The van der Waals surface area contributed by atoms with Gasteiger partial charge in [-0.25, -0.2) is 0 Å². The van der Waals surface area contributed by atoms with Gasteiger partial charge in [0.05, 0.1) is 0 Å². The molecule has 0 bridgehead atoms. The first-order valence-electron chi connectivity index (χ1n) is 0.667. The minimum Gasteiger partial charge on any atom is -0.759 e. The van der Waals surface area contributed by atoms with Crippen LogP contribution in [0.5, 0.6) is 0 Å². The molecule has 0 aromatic carbocycles. The topological polar surface area (TPSA) is 80.3 Å². The quantitative estimate of drug-likeness (QED) is 0.302. The smallest absolute Gasteiger partial charge is 0.759 e. The van der Waals surface area contributed by atoms with Gasteiger partial charge < -0.3 is 9.11 Å². The average Bonchev–Trinajstić information content (AvgIpc) is 0.722. The zero-order chi connectivity index (χ0) is 4.50. The van der Waals surface area contributed by atoms with Crippen molar-refractivity contribution >= 4 is 59.3 Å². The Bertz CT molecular complexity index is 94.9. The third-order valence-electron chi connectivity index (χ3n) is 0. The molecule has 0 amide bonds. The van der Waals surface area contributed by atoms with E-state index in [1.807, 2.05) is 0 Å². The molecule has 0 saturated carbocycles. The molecule has 0 aliphatic carbocycles. The van der Waals surface area contributed by atoms with Gasteiger partial charge in [0.25, 0.3) is 0 Å². The molecule has 0 atom stereocenters. The summed E-state index contributed by atoms with van der Waals surface area (Å²) in [4.78, 5) is 0. The van der Waals surface area contributed by atoms with Gasteiger partial charge in [-0.1, -0.05) is 0 Å². The Hall–Kier alpha value is 1.96. The van der Waals surface area contributed by atoms with E-state index in [-0.39, 0.29) is 65.9 Å². The van der Waals surface area contributed by atoms with Crippen molar-refractivity contribution in [3.05, 3.63) is 0 Å². The van der Waals surface area contributed by atoms with Crippen LogP contribution in [0.3, 0.4) is 0 Å². The van der Waals surface area contributed by atoms with Crippen LogP contribution >= 0.6 is 0 Å². The summed E-state index contributed by atoms with van der Waals surface area (Å²) >= 11 is 0. The van der Waals surface area contributed by atoms with Gasteiger partial charge in [-0.2, -0.15) is 0 Å². The summed E-state index contributed by atoms with van der Waals surface area (Å²) in [6.07, 6.45) is 0. The Labute approximate surface area is 92.2 Å². The summed E-state index contributed by atoms with van der Waals surface area (Å²) in [6.45, 7) is 0. The fourth-order valence-corrected chi connectivity index (χ4v) is 0. The maximum atomic E-state index is 8.52. The molecule has 0 heterocycles. The van der Waals surface area contributed by atoms with Crippen molar-refractivity contribution in [2.75, 3.05) is 0 Å². The van der Waals surface area contributed by atoms with Gasteiger partial charge in [0.15, 0.2) is 0 Å². The van der Waals surface area contributed by atoms with Crippen LogP contribution in [0.1, 0.15) is 0 Å². The first kappa shape index (κ1) is 16.0. The minimum atomic E-state index is -5.17. The van der Waals surface area contributed by atoms with Crippen LogP contribution < -0.4 is 0 Å². The van der Waals surface area contributed by atoms with Crippen LogP contribution in [-0.4, -0.2) is 66.4 Å². The summed E-state index contributed by atoms with van der Waals surface area (Å²) in [5.41, 5.74) is 0. The van der Waals surface area contributed by atoms with E-state index < -0.39 is 10.4 Å². The van der Waals surface area contributed by atoms with Gasteiger partial charge in [-0.05, 0) is 0 Å². The van der Waals surface area contributed by atoms with Crippen LogP contribution in [0, 0.1) is 0 Å². The third-order valence-corrected chi connectivity index (χ3v) is 0. The largest absolute Gasteiger partial charge is 2.00 e. The van der Waals surface area contributed by atoms with Gasteiger partial charge in [0, 0.05) is 27.5 Å². The summed E-state index contributed by atoms with van der Waals surface area (Å²) in [6, 6.07) is 0. The van der Waals surface area contributed by atoms with E-state index in [4.69, 9.17) is 17.5 Å². The molecule has 0 N–H and O–H groups in total. The Morgan fingerprint density at radius 2 is 1.14 bits per heavy atom. The molecule has 40 valence electrons. The molecular weight excluding hydrogens is 289 g/mol. The molecule has 0 radical (unpaired) electrons. The monoisotopic (exact) mass is 290 g/mol. The van der Waals surface area contributed by atoms with Gasteiger partial charge >= 0.3 is 48.9 Å². The molecule has 0 rings (SSSR count). The van der Waals surface area contributed by atoms with E-state index in [0.29, 0.717) is 0 Å². The van der Waals surface area contributed by atoms with E-state index in [2.05, 4.69) is 0 Å². The molecule has 0 aromatic heterocycles. The van der Waals surface area contributed by atoms with Gasteiger partial charge in [0.2, 0.25) is 0 Å². The normalized spacial score (nSPS) is 8.29. The van der Waals surface area contributed by atoms with E-state index in [1.165, 1.54) is 0 Å². The van der Waals surface area contributed by atoms with Crippen LogP contribution in [0.2, 0.25) is 0 Å². The molecule has 0 aliphatic rings. The minimum absolute atomic E-state index is 0. The second-order valence-electron chi connectivity index (χ2n) is 0.408. The van der Waals surface area contributed by atoms with Crippen molar-refractivity contribution in [2.24, 2.45) is 0 Å². The van der Waals surface area contributed by atoms with Crippen LogP contribution in [-0.2, 0) is 27.5 Å². The molecule has 0 aromatic rings. The number of hydrogen-bond donors (Lipinski definition) is 0. The van der Waals surface area contributed by atoms with E-state index in [9.17, 15) is 0 Å². The molecule has 0 unspecified atom stereocenters. The summed E-state index contributed by atoms with van der Waals surface area (Å²) < 4.78 is 34.1. The van der Waals surface area contributed by atoms with Gasteiger partial charge in [-0.15, -0.1) is 0 Å². The summed E-state index contributed by atoms with van der Waals surface area (Å²) in [5, 5.41) is 0. The molecule has 0 fully saturated rings. The Morgan fingerprint density at radius 3 is 1.14 bits per heavy atom. The Balaban J connectivity index is -0.0000000800. The molecular formula is BaFeO4S. The van der Waals surface area contributed by atoms with Crippen molar-refractivity contribution in [1.29, 1.82) is 0 Å². The first-order chi connectivity index (χ1) is 2.00. The van der Waals surface area contributed by atoms with Gasteiger partial charge in [0.1, 0.15) is 0 Å². The zero-order valence-corrected chi connectivity index (χ0v) is 9.46. The molecule has 0 saturated heterocycles. The maximum absolute atomic E-state index is 8.52. The molecule has 0 aliphatic heterocycles. The van der Waals surface area contributed by atoms with Crippen molar-refractivity contribution in [1.82, 2.24) is 0 Å². The van der Waals surface area contributed by atoms with Crippen molar-refractivity contribution < 1.29 is 34.6 Å². The molecule has 7 heavy (non-hydrogen) atoms. The van der Waals surface area contributed by atoms with E-state index in [0.717, 1.165) is 0 Å². The van der Waals surface area contributed by atoms with Crippen molar-refractivity contribution in [2.45, 2.75) is 0 Å². The number of hydrogen-bond acceptors (Lipinski definition) is 4.